The Hall–Kier alpha value is -3.48. The third-order valence-electron chi connectivity index (χ3n) is 5.11. The molecule has 42 heavy (non-hydrogen) atoms. The third-order valence-corrected chi connectivity index (χ3v) is 5.11. The quantitative estimate of drug-likeness (QED) is 0.284. The Bertz CT molecular complexity index is 1100. The molecule has 5 nitrogen and oxygen atoms in total. The lowest BCUT2D eigenvalue weighted by molar-refractivity contribution is 0.111. The number of benzene rings is 3. The lowest BCUT2D eigenvalue weighted by Crippen LogP contribution is -2.23. The molecule has 0 radical (unpaired) electrons. The highest BCUT2D eigenvalue weighted by Gasteiger charge is 1.98. The number of aryl methyl sites for hydroxylation is 4. The summed E-state index contributed by atoms with van der Waals surface area (Å²) in [6, 6.07) is 17.9. The number of likely N-dealkylation sites (N-methyl/N-ethyl adjacent to an activating group) is 2. The molecule has 0 bridgehead atoms. The summed E-state index contributed by atoms with van der Waals surface area (Å²) < 4.78 is 12.6. The van der Waals surface area contributed by atoms with E-state index in [1.807, 2.05) is 71.1 Å². The summed E-state index contributed by atoms with van der Waals surface area (Å²) in [5.41, 5.74) is 6.03. The van der Waals surface area contributed by atoms with Gasteiger partial charge in [-0.25, -0.2) is 4.39 Å². The van der Waals surface area contributed by atoms with E-state index in [2.05, 4.69) is 51.1 Å². The molecular formula is C36H55FN2O3. The van der Waals surface area contributed by atoms with Crippen molar-refractivity contribution in [3.05, 3.63) is 105 Å². The second-order valence-electron chi connectivity index (χ2n) is 9.46. The summed E-state index contributed by atoms with van der Waals surface area (Å²) >= 11 is 0. The van der Waals surface area contributed by atoms with E-state index < -0.39 is 5.82 Å². The van der Waals surface area contributed by atoms with Crippen LogP contribution in [-0.2, 0) is 6.42 Å². The van der Waals surface area contributed by atoms with Crippen LogP contribution in [0.4, 0.5) is 4.39 Å². The van der Waals surface area contributed by atoms with Crippen molar-refractivity contribution >= 4 is 18.9 Å². The van der Waals surface area contributed by atoms with Gasteiger partial charge in [0.1, 0.15) is 18.4 Å². The highest BCUT2D eigenvalue weighted by molar-refractivity contribution is 5.77. The maximum absolute atomic E-state index is 12.6. The van der Waals surface area contributed by atoms with E-state index in [-0.39, 0.29) is 5.56 Å². The minimum absolute atomic E-state index is 0.116. The molecule has 0 aliphatic carbocycles. The molecule has 3 aromatic rings. The minimum Gasteiger partial charge on any atom is -0.318 e. The van der Waals surface area contributed by atoms with Crippen LogP contribution in [0.1, 0.15) is 94.4 Å². The number of carbonyl (C=O) groups is 3. The molecular weight excluding hydrogens is 527 g/mol. The van der Waals surface area contributed by atoms with E-state index in [0.29, 0.717) is 6.29 Å². The maximum atomic E-state index is 12.6. The second-order valence-corrected chi connectivity index (χ2v) is 9.46. The number of aldehydes is 3. The molecule has 3 rings (SSSR count). The zero-order valence-electron chi connectivity index (χ0n) is 27.9. The predicted molar refractivity (Wildman–Crippen MR) is 179 cm³/mol. The SMILES string of the molecule is CC.CCC.CCc1cc(C)ccc1C=O.CNCCN(C)C.Cc1ccc(C=O)c(F)c1.Cc1ccc(C=O)cc1. The average Bonchev–Trinajstić information content (AvgIpc) is 2.99. The first-order chi connectivity index (χ1) is 20.0. The van der Waals surface area contributed by atoms with Crippen LogP contribution in [-0.4, -0.2) is 58.0 Å². The smallest absolute Gasteiger partial charge is 0.152 e. The molecule has 0 aliphatic heterocycles. The molecule has 0 heterocycles. The van der Waals surface area contributed by atoms with Gasteiger partial charge >= 0.3 is 0 Å². The number of nitrogens with one attached hydrogen (secondary N) is 1. The van der Waals surface area contributed by atoms with Gasteiger partial charge in [0.15, 0.2) is 6.29 Å². The van der Waals surface area contributed by atoms with Crippen molar-refractivity contribution in [2.75, 3.05) is 34.2 Å². The van der Waals surface area contributed by atoms with E-state index in [1.165, 1.54) is 29.7 Å². The molecule has 0 aromatic heterocycles. The molecule has 0 atom stereocenters. The second kappa shape index (κ2) is 29.0. The standard InChI is InChI=1S/C10H12O.C8H7FO.C8H8O.C5H14N2.C3H8.C2H6/c1-3-9-6-8(2)4-5-10(9)7-11;1-6-2-3-7(5-10)8(9)4-6;1-7-2-4-8(6-9)5-3-7;1-6-4-5-7(2)3;1-3-2;1-2/h4-7H,3H2,1-2H3;2-5H,1H3;2-6H,1H3;6H,4-5H2,1-3H3;3H2,1-2H3;1-2H3. The summed E-state index contributed by atoms with van der Waals surface area (Å²) in [4.78, 5) is 32.9. The molecule has 0 saturated carbocycles. The van der Waals surface area contributed by atoms with Crippen molar-refractivity contribution in [2.24, 2.45) is 0 Å². The molecule has 6 heteroatoms. The number of nitrogens with zero attached hydrogens (tertiary/aromatic N) is 1. The van der Waals surface area contributed by atoms with Crippen molar-refractivity contribution in [3.8, 4) is 0 Å². The highest BCUT2D eigenvalue weighted by Crippen LogP contribution is 2.10. The molecule has 0 fully saturated rings. The normalized spacial score (nSPS) is 8.98. The summed E-state index contributed by atoms with van der Waals surface area (Å²) in [5, 5.41) is 3.06. The average molecular weight is 583 g/mol. The first kappa shape index (κ1) is 43.0. The van der Waals surface area contributed by atoms with Crippen molar-refractivity contribution in [3.63, 3.8) is 0 Å². The minimum atomic E-state index is -0.449. The molecule has 3 aromatic carbocycles. The van der Waals surface area contributed by atoms with Crippen molar-refractivity contribution in [1.82, 2.24) is 10.2 Å². The van der Waals surface area contributed by atoms with Gasteiger partial charge in [0.25, 0.3) is 0 Å². The molecule has 1 N–H and O–H groups in total. The van der Waals surface area contributed by atoms with Gasteiger partial charge in [-0.2, -0.15) is 0 Å². The van der Waals surface area contributed by atoms with Gasteiger partial charge < -0.3 is 10.2 Å². The van der Waals surface area contributed by atoms with E-state index in [1.54, 1.807) is 13.0 Å². The Balaban J connectivity index is -0.000000463. The van der Waals surface area contributed by atoms with Crippen molar-refractivity contribution < 1.29 is 18.8 Å². The topological polar surface area (TPSA) is 66.5 Å². The van der Waals surface area contributed by atoms with E-state index in [4.69, 9.17) is 0 Å². The fraction of sp³-hybridized carbons (Fsp3) is 0.417. The Morgan fingerprint density at radius 1 is 0.714 bits per heavy atom. The largest absolute Gasteiger partial charge is 0.318 e. The van der Waals surface area contributed by atoms with E-state index in [9.17, 15) is 18.8 Å². The maximum Gasteiger partial charge on any atom is 0.152 e. The van der Waals surface area contributed by atoms with Crippen LogP contribution in [0, 0.1) is 26.6 Å². The number of hydrogen-bond donors (Lipinski definition) is 1. The first-order valence-electron chi connectivity index (χ1n) is 14.6. The van der Waals surface area contributed by atoms with Crippen LogP contribution < -0.4 is 5.32 Å². The summed E-state index contributed by atoms with van der Waals surface area (Å²) in [6.07, 6.45) is 4.45. The lowest BCUT2D eigenvalue weighted by atomic mass is 10.0. The fourth-order valence-corrected chi connectivity index (χ4v) is 2.86. The van der Waals surface area contributed by atoms with Gasteiger partial charge in [-0.05, 0) is 71.6 Å². The summed E-state index contributed by atoms with van der Waals surface area (Å²) in [5.74, 6) is -0.449. The molecule has 234 valence electrons. The van der Waals surface area contributed by atoms with Crippen molar-refractivity contribution in [1.29, 1.82) is 0 Å². The number of hydrogen-bond acceptors (Lipinski definition) is 5. The van der Waals surface area contributed by atoms with Gasteiger partial charge in [0.2, 0.25) is 0 Å². The van der Waals surface area contributed by atoms with Crippen LogP contribution >= 0.6 is 0 Å². The number of halogens is 1. The van der Waals surface area contributed by atoms with Crippen LogP contribution in [0.2, 0.25) is 0 Å². The Kier molecular flexibility index (Phi) is 29.7. The predicted octanol–water partition coefficient (Wildman–Crippen LogP) is 8.33. The molecule has 0 aliphatic rings. The van der Waals surface area contributed by atoms with Gasteiger partial charge in [-0.3, -0.25) is 14.4 Å². The van der Waals surface area contributed by atoms with Gasteiger partial charge in [-0.15, -0.1) is 0 Å². The van der Waals surface area contributed by atoms with Gasteiger partial charge in [0, 0.05) is 24.2 Å². The zero-order valence-corrected chi connectivity index (χ0v) is 27.9. The van der Waals surface area contributed by atoms with Crippen LogP contribution in [0.25, 0.3) is 0 Å². The van der Waals surface area contributed by atoms with Gasteiger partial charge in [-0.1, -0.05) is 101 Å². The van der Waals surface area contributed by atoms with Crippen molar-refractivity contribution in [2.45, 2.75) is 68.2 Å². The summed E-state index contributed by atoms with van der Waals surface area (Å²) in [7, 11) is 6.10. The number of rotatable bonds is 7. The fourth-order valence-electron chi connectivity index (χ4n) is 2.86. The Morgan fingerprint density at radius 3 is 1.52 bits per heavy atom. The van der Waals surface area contributed by atoms with E-state index >= 15 is 0 Å². The Morgan fingerprint density at radius 2 is 1.17 bits per heavy atom. The molecule has 0 amide bonds. The van der Waals surface area contributed by atoms with Gasteiger partial charge in [0.05, 0.1) is 5.56 Å². The highest BCUT2D eigenvalue weighted by atomic mass is 19.1. The molecule has 0 saturated heterocycles. The van der Waals surface area contributed by atoms with Crippen LogP contribution in [0.5, 0.6) is 0 Å². The van der Waals surface area contributed by atoms with Crippen LogP contribution in [0.3, 0.4) is 0 Å². The Labute approximate surface area is 255 Å². The summed E-state index contributed by atoms with van der Waals surface area (Å²) in [6.45, 7) is 18.3. The number of carbonyl (C=O) groups excluding carboxylic acids is 3. The third kappa shape index (κ3) is 23.2. The molecule has 0 spiro atoms. The van der Waals surface area contributed by atoms with E-state index in [0.717, 1.165) is 54.3 Å². The monoisotopic (exact) mass is 582 g/mol. The zero-order chi connectivity index (χ0) is 32.9. The molecule has 0 unspecified atom stereocenters. The first-order valence-corrected chi connectivity index (χ1v) is 14.6. The van der Waals surface area contributed by atoms with Crippen LogP contribution in [0.15, 0.2) is 60.7 Å². The lowest BCUT2D eigenvalue weighted by Gasteiger charge is -2.06.